The minimum absolute atomic E-state index is 0.0862. The summed E-state index contributed by atoms with van der Waals surface area (Å²) in [6.07, 6.45) is -2.98. The molecule has 1 N–H and O–H groups in total. The van der Waals surface area contributed by atoms with Crippen LogP contribution in [-0.2, 0) is 22.6 Å². The Labute approximate surface area is 245 Å². The fourth-order valence-electron chi connectivity index (χ4n) is 4.92. The van der Waals surface area contributed by atoms with Gasteiger partial charge in [0.05, 0.1) is 16.1 Å². The van der Waals surface area contributed by atoms with Crippen molar-refractivity contribution in [3.8, 4) is 22.9 Å². The van der Waals surface area contributed by atoms with Crippen molar-refractivity contribution in [3.05, 3.63) is 95.1 Å². The molecular weight excluding hydrogens is 586 g/mol. The molecule has 8 nitrogen and oxygen atoms in total. The number of hydrogen-bond donors (Lipinski definition) is 1. The lowest BCUT2D eigenvalue weighted by atomic mass is 10.0. The van der Waals surface area contributed by atoms with Gasteiger partial charge in [-0.2, -0.15) is 23.5 Å². The molecule has 1 aliphatic heterocycles. The Hall–Kier alpha value is -4.54. The Morgan fingerprint density at radius 1 is 1.09 bits per heavy atom. The van der Waals surface area contributed by atoms with Crippen molar-refractivity contribution in [2.24, 2.45) is 0 Å². The second kappa shape index (κ2) is 11.6. The van der Waals surface area contributed by atoms with Gasteiger partial charge in [-0.05, 0) is 60.4 Å². The zero-order valence-electron chi connectivity index (χ0n) is 22.8. The van der Waals surface area contributed by atoms with Crippen molar-refractivity contribution < 1.29 is 30.8 Å². The number of alkyl halides is 3. The molecule has 0 saturated carbocycles. The van der Waals surface area contributed by atoms with Crippen molar-refractivity contribution in [2.75, 3.05) is 18.0 Å². The lowest BCUT2D eigenvalue weighted by Crippen LogP contribution is -2.30. The van der Waals surface area contributed by atoms with Gasteiger partial charge in [0.1, 0.15) is 17.6 Å². The number of carbonyl (C=O) groups excluding carboxylic acids is 1. The van der Waals surface area contributed by atoms with E-state index in [1.165, 1.54) is 11.0 Å². The first-order valence-corrected chi connectivity index (χ1v) is 14.8. The Kier molecular flexibility index (Phi) is 8.09. The third kappa shape index (κ3) is 5.89. The SMILES string of the molecule is CCCCNS(=O)(=O)c1ccccc1-c1ccc2c(c1)CCN2C(=O)c1cc(C(F)(F)F)nn1-c1ccc(F)c(C#N)c1. The van der Waals surface area contributed by atoms with Gasteiger partial charge in [0, 0.05) is 30.4 Å². The van der Waals surface area contributed by atoms with Crippen LogP contribution in [0.15, 0.2) is 71.6 Å². The summed E-state index contributed by atoms with van der Waals surface area (Å²) in [5.41, 5.74) is -0.0197. The molecule has 43 heavy (non-hydrogen) atoms. The van der Waals surface area contributed by atoms with Gasteiger partial charge in [-0.15, -0.1) is 0 Å². The number of nitriles is 1. The molecule has 4 aromatic rings. The number of nitrogens with one attached hydrogen (secondary N) is 1. The van der Waals surface area contributed by atoms with Crippen LogP contribution in [0.5, 0.6) is 0 Å². The van der Waals surface area contributed by atoms with Crippen LogP contribution in [0.2, 0.25) is 0 Å². The summed E-state index contributed by atoms with van der Waals surface area (Å²) >= 11 is 0. The summed E-state index contributed by atoms with van der Waals surface area (Å²) in [5.74, 6) is -1.64. The third-order valence-corrected chi connectivity index (χ3v) is 8.58. The highest BCUT2D eigenvalue weighted by atomic mass is 32.2. The monoisotopic (exact) mass is 611 g/mol. The van der Waals surface area contributed by atoms with Crippen LogP contribution in [0.1, 0.15) is 47.1 Å². The van der Waals surface area contributed by atoms with Crippen molar-refractivity contribution in [2.45, 2.75) is 37.3 Å². The average Bonchev–Trinajstić information content (AvgIpc) is 3.62. The maximum absolute atomic E-state index is 13.9. The van der Waals surface area contributed by atoms with E-state index in [2.05, 4.69) is 9.82 Å². The van der Waals surface area contributed by atoms with Gasteiger partial charge in [-0.3, -0.25) is 4.79 Å². The molecule has 0 bridgehead atoms. The van der Waals surface area contributed by atoms with E-state index in [0.717, 1.165) is 29.3 Å². The molecule has 0 spiro atoms. The van der Waals surface area contributed by atoms with E-state index in [1.807, 2.05) is 6.92 Å². The molecule has 1 amide bonds. The zero-order chi connectivity index (χ0) is 30.9. The fourth-order valence-corrected chi connectivity index (χ4v) is 6.22. The number of amides is 1. The first kappa shape index (κ1) is 29.9. The van der Waals surface area contributed by atoms with Crippen LogP contribution in [-0.4, -0.2) is 37.2 Å². The quantitative estimate of drug-likeness (QED) is 0.199. The van der Waals surface area contributed by atoms with Gasteiger partial charge >= 0.3 is 6.18 Å². The second-order valence-electron chi connectivity index (χ2n) is 9.90. The highest BCUT2D eigenvalue weighted by Crippen LogP contribution is 2.36. The molecule has 1 aromatic heterocycles. The maximum Gasteiger partial charge on any atom is 0.435 e. The van der Waals surface area contributed by atoms with Gasteiger partial charge in [-0.25, -0.2) is 22.2 Å². The fraction of sp³-hybridized carbons (Fsp3) is 0.233. The topological polar surface area (TPSA) is 108 Å². The summed E-state index contributed by atoms with van der Waals surface area (Å²) in [7, 11) is -3.79. The molecule has 0 radical (unpaired) electrons. The molecular formula is C30H25F4N5O3S. The van der Waals surface area contributed by atoms with E-state index >= 15 is 0 Å². The average molecular weight is 612 g/mol. The number of nitrogens with zero attached hydrogens (tertiary/aromatic N) is 4. The molecule has 0 atom stereocenters. The molecule has 0 unspecified atom stereocenters. The van der Waals surface area contributed by atoms with Crippen LogP contribution in [0.3, 0.4) is 0 Å². The van der Waals surface area contributed by atoms with Crippen LogP contribution in [0.25, 0.3) is 16.8 Å². The number of benzene rings is 3. The van der Waals surface area contributed by atoms with Gasteiger partial charge in [0.2, 0.25) is 10.0 Å². The van der Waals surface area contributed by atoms with Crippen molar-refractivity contribution >= 4 is 21.6 Å². The molecule has 5 rings (SSSR count). The number of halogens is 4. The maximum atomic E-state index is 13.9. The van der Waals surface area contributed by atoms with Gasteiger partial charge in [0.25, 0.3) is 5.91 Å². The minimum atomic E-state index is -4.87. The van der Waals surface area contributed by atoms with E-state index in [0.29, 0.717) is 47.8 Å². The van der Waals surface area contributed by atoms with Crippen LogP contribution in [0, 0.1) is 17.1 Å². The molecule has 222 valence electrons. The predicted octanol–water partition coefficient (Wildman–Crippen LogP) is 5.85. The number of anilines is 1. The van der Waals surface area contributed by atoms with E-state index in [-0.39, 0.29) is 17.1 Å². The van der Waals surface area contributed by atoms with Gasteiger partial charge < -0.3 is 4.90 Å². The molecule has 2 heterocycles. The standard InChI is InChI=1S/C30H25F4N5O3S/c1-2-3-13-36-43(41,42)27-7-5-4-6-23(27)19-8-11-25-20(15-19)12-14-38(25)29(40)26-17-28(30(32,33)34)37-39(26)22-9-10-24(31)21(16-22)18-35/h4-11,15-17,36H,2-3,12-14H2,1H3. The van der Waals surface area contributed by atoms with Crippen LogP contribution in [0.4, 0.5) is 23.2 Å². The normalized spacial score (nSPS) is 13.2. The van der Waals surface area contributed by atoms with Crippen molar-refractivity contribution in [1.29, 1.82) is 5.26 Å². The summed E-state index contributed by atoms with van der Waals surface area (Å²) in [4.78, 5) is 15.1. The Balaban J connectivity index is 1.51. The number of aromatic nitrogens is 2. The molecule has 0 fully saturated rings. The Morgan fingerprint density at radius 2 is 1.86 bits per heavy atom. The predicted molar refractivity (Wildman–Crippen MR) is 151 cm³/mol. The molecule has 0 saturated heterocycles. The molecule has 3 aromatic carbocycles. The van der Waals surface area contributed by atoms with E-state index in [1.54, 1.807) is 42.5 Å². The molecule has 13 heteroatoms. The summed E-state index contributed by atoms with van der Waals surface area (Å²) < 4.78 is 84.2. The first-order valence-electron chi connectivity index (χ1n) is 13.4. The zero-order valence-corrected chi connectivity index (χ0v) is 23.6. The summed E-state index contributed by atoms with van der Waals surface area (Å²) in [6.45, 7) is 2.41. The number of unbranched alkanes of at least 4 members (excludes halogenated alkanes) is 1. The lowest BCUT2D eigenvalue weighted by Gasteiger charge is -2.19. The number of carbonyl (C=O) groups is 1. The minimum Gasteiger partial charge on any atom is -0.306 e. The number of rotatable bonds is 8. The first-order chi connectivity index (χ1) is 20.4. The summed E-state index contributed by atoms with van der Waals surface area (Å²) in [5, 5.41) is 12.8. The van der Waals surface area contributed by atoms with Gasteiger partial charge in [-0.1, -0.05) is 37.6 Å². The van der Waals surface area contributed by atoms with Crippen LogP contribution >= 0.6 is 0 Å². The third-order valence-electron chi connectivity index (χ3n) is 7.06. The van der Waals surface area contributed by atoms with Gasteiger partial charge in [0.15, 0.2) is 5.69 Å². The number of sulfonamides is 1. The van der Waals surface area contributed by atoms with E-state index in [4.69, 9.17) is 0 Å². The number of fused-ring (bicyclic) bond motifs is 1. The second-order valence-corrected chi connectivity index (χ2v) is 11.6. The lowest BCUT2D eigenvalue weighted by molar-refractivity contribution is -0.141. The number of hydrogen-bond acceptors (Lipinski definition) is 5. The van der Waals surface area contributed by atoms with E-state index < -0.39 is 44.9 Å². The largest absolute Gasteiger partial charge is 0.435 e. The van der Waals surface area contributed by atoms with Crippen LogP contribution < -0.4 is 9.62 Å². The van der Waals surface area contributed by atoms with Crippen molar-refractivity contribution in [1.82, 2.24) is 14.5 Å². The molecule has 1 aliphatic rings. The smallest absolute Gasteiger partial charge is 0.306 e. The summed E-state index contributed by atoms with van der Waals surface area (Å²) in [6, 6.07) is 16.9. The highest BCUT2D eigenvalue weighted by molar-refractivity contribution is 7.89. The van der Waals surface area contributed by atoms with E-state index in [9.17, 15) is 36.0 Å². The van der Waals surface area contributed by atoms with Crippen molar-refractivity contribution in [3.63, 3.8) is 0 Å². The Bertz CT molecular complexity index is 1860. The molecule has 0 aliphatic carbocycles. The Morgan fingerprint density at radius 3 is 2.58 bits per heavy atom. The highest BCUT2D eigenvalue weighted by Gasteiger charge is 2.38.